The summed E-state index contributed by atoms with van der Waals surface area (Å²) in [4.78, 5) is 11.3. The van der Waals surface area contributed by atoms with Crippen molar-refractivity contribution in [2.75, 3.05) is 25.2 Å². The smallest absolute Gasteiger partial charge is 0.309 e. The lowest BCUT2D eigenvalue weighted by Gasteiger charge is -2.26. The van der Waals surface area contributed by atoms with E-state index >= 15 is 0 Å². The Kier molecular flexibility index (Phi) is 5.28. The third kappa shape index (κ3) is 3.74. The van der Waals surface area contributed by atoms with Crippen LogP contribution in [-0.2, 0) is 20.7 Å². The summed E-state index contributed by atoms with van der Waals surface area (Å²) in [5.41, 5.74) is 2.69. The Bertz CT molecular complexity index is 433. The first-order chi connectivity index (χ1) is 9.22. The second-order valence-corrected chi connectivity index (χ2v) is 5.84. The van der Waals surface area contributed by atoms with Crippen LogP contribution >= 0.6 is 11.8 Å². The Morgan fingerprint density at radius 2 is 2.32 bits per heavy atom. The summed E-state index contributed by atoms with van der Waals surface area (Å²) in [5, 5.41) is 0. The largest absolute Gasteiger partial charge is 0.469 e. The van der Waals surface area contributed by atoms with E-state index in [-0.39, 0.29) is 18.0 Å². The zero-order valence-corrected chi connectivity index (χ0v) is 12.2. The molecule has 0 bridgehead atoms. The summed E-state index contributed by atoms with van der Waals surface area (Å²) in [5.74, 6) is 1.46. The van der Waals surface area contributed by atoms with Gasteiger partial charge in [-0.3, -0.25) is 4.79 Å². The van der Waals surface area contributed by atoms with Crippen LogP contribution < -0.4 is 0 Å². The summed E-state index contributed by atoms with van der Waals surface area (Å²) < 4.78 is 10.6. The normalized spacial score (nSPS) is 19.6. The molecule has 1 aromatic carbocycles. The van der Waals surface area contributed by atoms with Crippen molar-refractivity contribution in [1.29, 1.82) is 0 Å². The molecule has 1 heterocycles. The minimum Gasteiger partial charge on any atom is -0.469 e. The van der Waals surface area contributed by atoms with Gasteiger partial charge in [-0.2, -0.15) is 11.8 Å². The summed E-state index contributed by atoms with van der Waals surface area (Å²) in [6, 6.07) is 8.45. The second-order valence-electron chi connectivity index (χ2n) is 4.77. The van der Waals surface area contributed by atoms with Crippen LogP contribution in [-0.4, -0.2) is 31.2 Å². The van der Waals surface area contributed by atoms with Gasteiger partial charge in [-0.15, -0.1) is 0 Å². The summed E-state index contributed by atoms with van der Waals surface area (Å²) in [6.07, 6.45) is 1.15. The van der Waals surface area contributed by atoms with E-state index in [1.165, 1.54) is 18.2 Å². The molecule has 2 unspecified atom stereocenters. The van der Waals surface area contributed by atoms with E-state index in [1.807, 2.05) is 6.92 Å². The van der Waals surface area contributed by atoms with Crippen molar-refractivity contribution in [3.05, 3.63) is 35.4 Å². The summed E-state index contributed by atoms with van der Waals surface area (Å²) in [7, 11) is 1.43. The first-order valence-electron chi connectivity index (χ1n) is 6.57. The van der Waals surface area contributed by atoms with Crippen LogP contribution in [0.5, 0.6) is 0 Å². The SMILES string of the molecule is COC(=O)C(C)CSCC1OCCc2ccccc21. The predicted octanol–water partition coefficient (Wildman–Crippen LogP) is 2.84. The molecule has 0 N–H and O–H groups in total. The highest BCUT2D eigenvalue weighted by molar-refractivity contribution is 7.99. The maximum atomic E-state index is 11.3. The van der Waals surface area contributed by atoms with Crippen LogP contribution in [0.3, 0.4) is 0 Å². The predicted molar refractivity (Wildman–Crippen MR) is 77.3 cm³/mol. The second kappa shape index (κ2) is 6.96. The van der Waals surface area contributed by atoms with Gasteiger partial charge in [0.15, 0.2) is 0 Å². The van der Waals surface area contributed by atoms with Gasteiger partial charge < -0.3 is 9.47 Å². The average Bonchev–Trinajstić information content (AvgIpc) is 2.46. The van der Waals surface area contributed by atoms with Crippen LogP contribution in [0.2, 0.25) is 0 Å². The molecule has 1 aromatic rings. The van der Waals surface area contributed by atoms with Crippen molar-refractivity contribution in [3.8, 4) is 0 Å². The molecular formula is C15H20O3S. The summed E-state index contributed by atoms with van der Waals surface area (Å²) >= 11 is 1.75. The molecule has 0 spiro atoms. The van der Waals surface area contributed by atoms with E-state index in [0.717, 1.165) is 24.5 Å². The number of ether oxygens (including phenoxy) is 2. The number of methoxy groups -OCH3 is 1. The van der Waals surface area contributed by atoms with Crippen LogP contribution in [0.15, 0.2) is 24.3 Å². The molecule has 19 heavy (non-hydrogen) atoms. The van der Waals surface area contributed by atoms with Crippen LogP contribution in [0.25, 0.3) is 0 Å². The van der Waals surface area contributed by atoms with Crippen LogP contribution in [0.4, 0.5) is 0 Å². The van der Waals surface area contributed by atoms with Gasteiger partial charge in [0.25, 0.3) is 0 Å². The maximum absolute atomic E-state index is 11.3. The molecule has 104 valence electrons. The van der Waals surface area contributed by atoms with Gasteiger partial charge in [0.2, 0.25) is 0 Å². The van der Waals surface area contributed by atoms with Crippen molar-refractivity contribution in [2.45, 2.75) is 19.4 Å². The fourth-order valence-electron chi connectivity index (χ4n) is 2.24. The highest BCUT2D eigenvalue weighted by Gasteiger charge is 2.21. The zero-order valence-electron chi connectivity index (χ0n) is 11.4. The molecule has 3 nitrogen and oxygen atoms in total. The van der Waals surface area contributed by atoms with Crippen molar-refractivity contribution in [3.63, 3.8) is 0 Å². The van der Waals surface area contributed by atoms with Gasteiger partial charge in [0.05, 0.1) is 25.7 Å². The lowest BCUT2D eigenvalue weighted by Crippen LogP contribution is -2.19. The lowest BCUT2D eigenvalue weighted by molar-refractivity contribution is -0.144. The molecule has 0 saturated carbocycles. The first-order valence-corrected chi connectivity index (χ1v) is 7.73. The standard InChI is InChI=1S/C15H20O3S/c1-11(15(16)17-2)9-19-10-14-13-6-4-3-5-12(13)7-8-18-14/h3-6,11,14H,7-10H2,1-2H3. The maximum Gasteiger partial charge on any atom is 0.309 e. The zero-order chi connectivity index (χ0) is 13.7. The quantitative estimate of drug-likeness (QED) is 0.777. The fourth-order valence-corrected chi connectivity index (χ4v) is 3.35. The number of hydrogen-bond acceptors (Lipinski definition) is 4. The van der Waals surface area contributed by atoms with Crippen LogP contribution in [0, 0.1) is 5.92 Å². The van der Waals surface area contributed by atoms with Crippen molar-refractivity contribution in [1.82, 2.24) is 0 Å². The monoisotopic (exact) mass is 280 g/mol. The van der Waals surface area contributed by atoms with Gasteiger partial charge in [0, 0.05) is 11.5 Å². The number of carbonyl (C=O) groups is 1. The molecule has 1 aliphatic rings. The molecule has 2 atom stereocenters. The van der Waals surface area contributed by atoms with E-state index in [1.54, 1.807) is 11.8 Å². The van der Waals surface area contributed by atoms with Gasteiger partial charge in [0.1, 0.15) is 0 Å². The number of esters is 1. The number of thioether (sulfide) groups is 1. The van der Waals surface area contributed by atoms with E-state index in [4.69, 9.17) is 9.47 Å². The van der Waals surface area contributed by atoms with E-state index in [0.29, 0.717) is 0 Å². The average molecular weight is 280 g/mol. The van der Waals surface area contributed by atoms with Crippen molar-refractivity contribution in [2.24, 2.45) is 5.92 Å². The van der Waals surface area contributed by atoms with Gasteiger partial charge in [-0.05, 0) is 17.5 Å². The molecule has 0 saturated heterocycles. The van der Waals surface area contributed by atoms with Crippen molar-refractivity contribution >= 4 is 17.7 Å². The minimum absolute atomic E-state index is 0.0613. The fraction of sp³-hybridized carbons (Fsp3) is 0.533. The number of carbonyl (C=O) groups excluding carboxylic acids is 1. The molecule has 0 aromatic heterocycles. The highest BCUT2D eigenvalue weighted by Crippen LogP contribution is 2.30. The Labute approximate surface area is 118 Å². The molecule has 1 aliphatic heterocycles. The summed E-state index contributed by atoms with van der Waals surface area (Å²) in [6.45, 7) is 2.68. The highest BCUT2D eigenvalue weighted by atomic mass is 32.2. The number of hydrogen-bond donors (Lipinski definition) is 0. The molecule has 0 radical (unpaired) electrons. The minimum atomic E-state index is -0.141. The molecule has 2 rings (SSSR count). The Morgan fingerprint density at radius 1 is 1.53 bits per heavy atom. The van der Waals surface area contributed by atoms with E-state index in [2.05, 4.69) is 24.3 Å². The Hall–Kier alpha value is -1.00. The molecular weight excluding hydrogens is 260 g/mol. The van der Waals surface area contributed by atoms with E-state index < -0.39 is 0 Å². The third-order valence-electron chi connectivity index (χ3n) is 3.33. The van der Waals surface area contributed by atoms with Crippen molar-refractivity contribution < 1.29 is 14.3 Å². The topological polar surface area (TPSA) is 35.5 Å². The molecule has 0 aliphatic carbocycles. The Balaban J connectivity index is 1.86. The van der Waals surface area contributed by atoms with Gasteiger partial charge in [-0.1, -0.05) is 31.2 Å². The third-order valence-corrected chi connectivity index (χ3v) is 4.61. The number of benzene rings is 1. The number of rotatable bonds is 5. The van der Waals surface area contributed by atoms with Gasteiger partial charge in [-0.25, -0.2) is 0 Å². The molecule has 0 fully saturated rings. The first kappa shape index (κ1) is 14.4. The van der Waals surface area contributed by atoms with Gasteiger partial charge >= 0.3 is 5.97 Å². The Morgan fingerprint density at radius 3 is 3.11 bits per heavy atom. The molecule has 4 heteroatoms. The lowest BCUT2D eigenvalue weighted by atomic mass is 9.99. The van der Waals surface area contributed by atoms with E-state index in [9.17, 15) is 4.79 Å². The van der Waals surface area contributed by atoms with Crippen LogP contribution in [0.1, 0.15) is 24.2 Å². The number of fused-ring (bicyclic) bond motifs is 1. The molecule has 0 amide bonds.